The summed E-state index contributed by atoms with van der Waals surface area (Å²) >= 11 is -3.21. The van der Waals surface area contributed by atoms with Gasteiger partial charge >= 0.3 is 61.6 Å². The Morgan fingerprint density at radius 2 is 1.80 bits per heavy atom. The van der Waals surface area contributed by atoms with E-state index in [0.29, 0.717) is 4.35 Å². The SMILES string of the molecule is O=[AsH](O)c1ccc(F)cc1. The Kier molecular flexibility index (Phi) is 2.30. The fraction of sp³-hybridized carbons (Fsp3) is 0. The molecule has 54 valence electrons. The Hall–Kier alpha value is -0.532. The molecular formula is C6H6AsFO2. The molecule has 0 amide bonds. The van der Waals surface area contributed by atoms with E-state index in [-0.39, 0.29) is 5.82 Å². The number of rotatable bonds is 1. The van der Waals surface area contributed by atoms with E-state index in [2.05, 4.69) is 0 Å². The van der Waals surface area contributed by atoms with Crippen molar-refractivity contribution in [3.05, 3.63) is 30.1 Å². The van der Waals surface area contributed by atoms with E-state index in [1.54, 1.807) is 0 Å². The second-order valence-electron chi connectivity index (χ2n) is 1.81. The molecule has 0 heterocycles. The third kappa shape index (κ3) is 1.72. The number of hydrogen-bond acceptors (Lipinski definition) is 1. The van der Waals surface area contributed by atoms with Crippen LogP contribution in [0.4, 0.5) is 4.39 Å². The number of halogens is 1. The molecule has 4 heteroatoms. The molecule has 0 radical (unpaired) electrons. The van der Waals surface area contributed by atoms with Crippen molar-refractivity contribution in [1.29, 1.82) is 0 Å². The summed E-state index contributed by atoms with van der Waals surface area (Å²) in [6, 6.07) is 5.02. The third-order valence-corrected chi connectivity index (χ3v) is 2.83. The van der Waals surface area contributed by atoms with Gasteiger partial charge in [-0.2, -0.15) is 0 Å². The maximum atomic E-state index is 12.2. The zero-order chi connectivity index (χ0) is 7.56. The average Bonchev–Trinajstić information content (AvgIpc) is 1.88. The minimum atomic E-state index is -3.21. The van der Waals surface area contributed by atoms with Gasteiger partial charge in [0.15, 0.2) is 0 Å². The van der Waals surface area contributed by atoms with Gasteiger partial charge in [-0.3, -0.25) is 0 Å². The summed E-state index contributed by atoms with van der Waals surface area (Å²) in [5, 5.41) is 0. The Bertz CT molecular complexity index is 244. The van der Waals surface area contributed by atoms with E-state index in [0.717, 1.165) is 0 Å². The normalized spacial score (nSPS) is 13.0. The molecule has 1 aromatic carbocycles. The summed E-state index contributed by atoms with van der Waals surface area (Å²) in [5.41, 5.74) is 0. The molecule has 2 nitrogen and oxygen atoms in total. The van der Waals surface area contributed by atoms with E-state index in [4.69, 9.17) is 4.10 Å². The molecule has 0 saturated carbocycles. The molecule has 0 fully saturated rings. The fourth-order valence-electron chi connectivity index (χ4n) is 0.592. The van der Waals surface area contributed by atoms with Gasteiger partial charge < -0.3 is 0 Å². The Balaban J connectivity index is 3.00. The predicted molar refractivity (Wildman–Crippen MR) is 36.1 cm³/mol. The van der Waals surface area contributed by atoms with Gasteiger partial charge in [-0.25, -0.2) is 0 Å². The van der Waals surface area contributed by atoms with Crippen LogP contribution in [0.2, 0.25) is 0 Å². The van der Waals surface area contributed by atoms with Gasteiger partial charge in [-0.1, -0.05) is 0 Å². The van der Waals surface area contributed by atoms with Crippen molar-refractivity contribution in [3.8, 4) is 0 Å². The van der Waals surface area contributed by atoms with Crippen LogP contribution >= 0.6 is 0 Å². The monoisotopic (exact) mass is 204 g/mol. The first-order chi connectivity index (χ1) is 4.70. The number of benzene rings is 1. The zero-order valence-corrected chi connectivity index (χ0v) is 7.14. The molecule has 1 atom stereocenters. The first-order valence-electron chi connectivity index (χ1n) is 2.69. The molecule has 0 spiro atoms. The van der Waals surface area contributed by atoms with Crippen LogP contribution in [0.3, 0.4) is 0 Å². The molecule has 1 aromatic rings. The Morgan fingerprint density at radius 1 is 1.30 bits per heavy atom. The van der Waals surface area contributed by atoms with Crippen LogP contribution in [-0.4, -0.2) is 19.0 Å². The molecule has 1 N–H and O–H groups in total. The molecule has 0 bridgehead atoms. The van der Waals surface area contributed by atoms with Crippen LogP contribution in [0.5, 0.6) is 0 Å². The van der Waals surface area contributed by atoms with Gasteiger partial charge in [-0.15, -0.1) is 0 Å². The molecule has 0 aliphatic rings. The zero-order valence-electron chi connectivity index (χ0n) is 5.04. The van der Waals surface area contributed by atoms with Gasteiger partial charge in [0.25, 0.3) is 0 Å². The van der Waals surface area contributed by atoms with E-state index < -0.39 is 14.9 Å². The summed E-state index contributed by atoms with van der Waals surface area (Å²) in [7, 11) is 0. The third-order valence-electron chi connectivity index (χ3n) is 1.09. The second-order valence-corrected chi connectivity index (χ2v) is 4.30. The van der Waals surface area contributed by atoms with Crippen molar-refractivity contribution in [2.45, 2.75) is 0 Å². The summed E-state index contributed by atoms with van der Waals surface area (Å²) in [4.78, 5) is 0. The van der Waals surface area contributed by atoms with Gasteiger partial charge in [0.1, 0.15) is 0 Å². The summed E-state index contributed by atoms with van der Waals surface area (Å²) < 4.78 is 31.6. The van der Waals surface area contributed by atoms with Crippen LogP contribution in [0, 0.1) is 5.82 Å². The summed E-state index contributed by atoms with van der Waals surface area (Å²) in [5.74, 6) is -0.386. The summed E-state index contributed by atoms with van der Waals surface area (Å²) in [6.07, 6.45) is 0. The van der Waals surface area contributed by atoms with Crippen molar-refractivity contribution in [2.24, 2.45) is 0 Å². The minimum absolute atomic E-state index is 0.349. The second kappa shape index (κ2) is 3.04. The van der Waals surface area contributed by atoms with Gasteiger partial charge in [0.2, 0.25) is 0 Å². The molecule has 0 saturated heterocycles. The van der Waals surface area contributed by atoms with E-state index in [1.165, 1.54) is 24.3 Å². The molecule has 0 aliphatic carbocycles. The van der Waals surface area contributed by atoms with E-state index >= 15 is 0 Å². The molecular weight excluding hydrogens is 198 g/mol. The molecule has 1 rings (SSSR count). The molecule has 0 aromatic heterocycles. The average molecular weight is 204 g/mol. The van der Waals surface area contributed by atoms with Crippen LogP contribution in [0.1, 0.15) is 0 Å². The predicted octanol–water partition coefficient (Wildman–Crippen LogP) is -0.324. The van der Waals surface area contributed by atoms with Crippen LogP contribution in [0.15, 0.2) is 24.3 Å². The number of hydrogen-bond donors (Lipinski definition) is 1. The van der Waals surface area contributed by atoms with Crippen molar-refractivity contribution in [3.63, 3.8) is 0 Å². The van der Waals surface area contributed by atoms with E-state index in [9.17, 15) is 8.13 Å². The van der Waals surface area contributed by atoms with Crippen LogP contribution in [-0.2, 0) is 3.74 Å². The van der Waals surface area contributed by atoms with Crippen LogP contribution in [0.25, 0.3) is 0 Å². The Morgan fingerprint density at radius 3 is 2.20 bits per heavy atom. The molecule has 10 heavy (non-hydrogen) atoms. The maximum absolute atomic E-state index is 12.2. The van der Waals surface area contributed by atoms with Crippen molar-refractivity contribution in [2.75, 3.05) is 0 Å². The molecule has 1 unspecified atom stereocenters. The van der Waals surface area contributed by atoms with Crippen molar-refractivity contribution < 1.29 is 12.2 Å². The van der Waals surface area contributed by atoms with Crippen molar-refractivity contribution in [1.82, 2.24) is 0 Å². The molecule has 0 aliphatic heterocycles. The summed E-state index contributed by atoms with van der Waals surface area (Å²) in [6.45, 7) is 0. The van der Waals surface area contributed by atoms with Gasteiger partial charge in [0, 0.05) is 0 Å². The first-order valence-corrected chi connectivity index (χ1v) is 5.53. The van der Waals surface area contributed by atoms with Gasteiger partial charge in [-0.05, 0) is 0 Å². The first kappa shape index (κ1) is 7.57. The van der Waals surface area contributed by atoms with E-state index in [1.807, 2.05) is 0 Å². The van der Waals surface area contributed by atoms with Crippen LogP contribution < -0.4 is 4.35 Å². The fourth-order valence-corrected chi connectivity index (χ4v) is 1.54. The van der Waals surface area contributed by atoms with Gasteiger partial charge in [0.05, 0.1) is 0 Å². The topological polar surface area (TPSA) is 37.3 Å². The van der Waals surface area contributed by atoms with Crippen molar-refractivity contribution >= 4 is 19.3 Å². The quantitative estimate of drug-likeness (QED) is 0.636. The Labute approximate surface area is 62.1 Å². The standard InChI is InChI=1S/C6H6AsFO2/c8-6-3-1-5(2-4-6)7(9)10/h1-4,7H,(H,9,10).